The number of hydrogen-bond donors (Lipinski definition) is 1. The summed E-state index contributed by atoms with van der Waals surface area (Å²) in [6.45, 7) is 5.01. The van der Waals surface area contributed by atoms with Crippen LogP contribution < -0.4 is 10.1 Å². The Hall–Kier alpha value is -2.27. The highest BCUT2D eigenvalue weighted by atomic mass is 16.5. The van der Waals surface area contributed by atoms with Crippen LogP contribution in [0.25, 0.3) is 0 Å². The van der Waals surface area contributed by atoms with Gasteiger partial charge in [0.15, 0.2) is 0 Å². The van der Waals surface area contributed by atoms with E-state index in [0.717, 1.165) is 43.8 Å². The highest BCUT2D eigenvalue weighted by molar-refractivity contribution is 5.78. The molecule has 2 aromatic rings. The molecule has 1 aromatic carbocycles. The second-order valence-electron chi connectivity index (χ2n) is 6.44. The average molecular weight is 341 g/mol. The van der Waals surface area contributed by atoms with Crippen molar-refractivity contribution in [2.24, 2.45) is 0 Å². The number of carbonyl (C=O) groups is 1. The van der Waals surface area contributed by atoms with Crippen molar-refractivity contribution in [3.8, 4) is 5.75 Å². The van der Waals surface area contributed by atoms with Gasteiger partial charge in [0.05, 0.1) is 19.7 Å². The first-order chi connectivity index (χ1) is 12.2. The fraction of sp³-hybridized carbons (Fsp3) is 0.450. The molecule has 5 nitrogen and oxygen atoms in total. The van der Waals surface area contributed by atoms with E-state index >= 15 is 0 Å². The summed E-state index contributed by atoms with van der Waals surface area (Å²) in [5, 5.41) is 3.03. The second-order valence-corrected chi connectivity index (χ2v) is 6.44. The molecule has 5 heteroatoms. The van der Waals surface area contributed by atoms with Crippen LogP contribution in [0.3, 0.4) is 0 Å². The number of hydrogen-bond acceptors (Lipinski definition) is 3. The lowest BCUT2D eigenvalue weighted by molar-refractivity contribution is -0.122. The van der Waals surface area contributed by atoms with Crippen LogP contribution in [0.15, 0.2) is 42.6 Å². The van der Waals surface area contributed by atoms with Crippen molar-refractivity contribution in [3.05, 3.63) is 53.9 Å². The summed E-state index contributed by atoms with van der Waals surface area (Å²) in [7, 11) is 1.70. The molecule has 0 spiro atoms. The zero-order valence-corrected chi connectivity index (χ0v) is 15.1. The normalized spacial score (nSPS) is 17.1. The van der Waals surface area contributed by atoms with Crippen molar-refractivity contribution in [1.29, 1.82) is 0 Å². The number of nitrogens with zero attached hydrogens (tertiary/aromatic N) is 2. The van der Waals surface area contributed by atoms with Crippen molar-refractivity contribution < 1.29 is 9.53 Å². The zero-order chi connectivity index (χ0) is 17.6. The summed E-state index contributed by atoms with van der Waals surface area (Å²) in [6.07, 6.45) is 4.21. The molecule has 25 heavy (non-hydrogen) atoms. The second kappa shape index (κ2) is 8.21. The number of amides is 1. The molecule has 3 rings (SSSR count). The number of ether oxygens (including phenoxy) is 1. The number of methoxy groups -OCH3 is 1. The summed E-state index contributed by atoms with van der Waals surface area (Å²) < 4.78 is 7.85. The van der Waals surface area contributed by atoms with Gasteiger partial charge in [-0.1, -0.05) is 31.5 Å². The van der Waals surface area contributed by atoms with Crippen LogP contribution in [0.1, 0.15) is 37.1 Å². The Morgan fingerprint density at radius 3 is 2.88 bits per heavy atom. The van der Waals surface area contributed by atoms with Crippen molar-refractivity contribution in [2.45, 2.75) is 32.4 Å². The summed E-state index contributed by atoms with van der Waals surface area (Å²) in [6, 6.07) is 12.3. The molecule has 1 atom stereocenters. The topological polar surface area (TPSA) is 46.5 Å². The number of fused-ring (bicyclic) bond motifs is 1. The Labute approximate surface area is 149 Å². The average Bonchev–Trinajstić information content (AvgIpc) is 3.10. The number of carbonyl (C=O) groups excluding carboxylic acids is 1. The van der Waals surface area contributed by atoms with Crippen molar-refractivity contribution in [1.82, 2.24) is 14.8 Å². The molecule has 0 aliphatic carbocycles. The maximum atomic E-state index is 12.4. The highest BCUT2D eigenvalue weighted by Gasteiger charge is 2.31. The van der Waals surface area contributed by atoms with Crippen LogP contribution in [0.2, 0.25) is 0 Å². The number of aromatic nitrogens is 1. The number of unbranched alkanes of at least 4 members (excludes halogenated alkanes) is 1. The van der Waals surface area contributed by atoms with E-state index in [-0.39, 0.29) is 11.9 Å². The SMILES string of the molecule is CCCCNC(=O)CN1CCn2cccc2C1c1ccccc1OC. The van der Waals surface area contributed by atoms with Gasteiger partial charge in [-0.15, -0.1) is 0 Å². The Balaban J connectivity index is 1.86. The van der Waals surface area contributed by atoms with Crippen molar-refractivity contribution in [3.63, 3.8) is 0 Å². The standard InChI is InChI=1S/C20H27N3O2/c1-3-4-11-21-19(24)15-23-14-13-22-12-7-9-17(22)20(23)16-8-5-6-10-18(16)25-2/h5-10,12,20H,3-4,11,13-15H2,1-2H3,(H,21,24). The first kappa shape index (κ1) is 17.5. The first-order valence-corrected chi connectivity index (χ1v) is 9.03. The molecule has 1 aromatic heterocycles. The minimum atomic E-state index is 0.0248. The van der Waals surface area contributed by atoms with Gasteiger partial charge < -0.3 is 14.6 Å². The van der Waals surface area contributed by atoms with Gasteiger partial charge in [-0.25, -0.2) is 0 Å². The van der Waals surface area contributed by atoms with Crippen LogP contribution >= 0.6 is 0 Å². The Bertz CT molecular complexity index is 710. The molecule has 1 unspecified atom stereocenters. The van der Waals surface area contributed by atoms with E-state index in [1.165, 1.54) is 5.69 Å². The van der Waals surface area contributed by atoms with Gasteiger partial charge in [-0.2, -0.15) is 0 Å². The van der Waals surface area contributed by atoms with Crippen molar-refractivity contribution >= 4 is 5.91 Å². The molecule has 134 valence electrons. The van der Waals surface area contributed by atoms with E-state index in [2.05, 4.69) is 46.1 Å². The van der Waals surface area contributed by atoms with Crippen LogP contribution in [0, 0.1) is 0 Å². The molecule has 0 radical (unpaired) electrons. The molecule has 0 saturated carbocycles. The molecule has 1 aliphatic heterocycles. The van der Waals surface area contributed by atoms with E-state index in [1.807, 2.05) is 18.2 Å². The van der Waals surface area contributed by atoms with Gasteiger partial charge in [0, 0.05) is 37.1 Å². The van der Waals surface area contributed by atoms with Gasteiger partial charge in [-0.05, 0) is 24.6 Å². The molecule has 1 aliphatic rings. The third-order valence-electron chi connectivity index (χ3n) is 4.77. The predicted octanol–water partition coefficient (Wildman–Crippen LogP) is 2.82. The minimum Gasteiger partial charge on any atom is -0.496 e. The predicted molar refractivity (Wildman–Crippen MR) is 98.8 cm³/mol. The number of benzene rings is 1. The Kier molecular flexibility index (Phi) is 5.76. The van der Waals surface area contributed by atoms with Gasteiger partial charge in [0.1, 0.15) is 5.75 Å². The van der Waals surface area contributed by atoms with Gasteiger partial charge in [0.25, 0.3) is 0 Å². The van der Waals surface area contributed by atoms with E-state index in [1.54, 1.807) is 7.11 Å². The van der Waals surface area contributed by atoms with E-state index in [0.29, 0.717) is 6.54 Å². The monoisotopic (exact) mass is 341 g/mol. The smallest absolute Gasteiger partial charge is 0.234 e. The maximum Gasteiger partial charge on any atom is 0.234 e. The van der Waals surface area contributed by atoms with Gasteiger partial charge in [-0.3, -0.25) is 9.69 Å². The minimum absolute atomic E-state index is 0.0248. The summed E-state index contributed by atoms with van der Waals surface area (Å²) in [5.41, 5.74) is 2.31. The van der Waals surface area contributed by atoms with Crippen LogP contribution in [0.5, 0.6) is 5.75 Å². The molecule has 0 saturated heterocycles. The summed E-state index contributed by atoms with van der Waals surface area (Å²) >= 11 is 0. The third-order valence-corrected chi connectivity index (χ3v) is 4.77. The number of para-hydroxylation sites is 1. The first-order valence-electron chi connectivity index (χ1n) is 9.03. The lowest BCUT2D eigenvalue weighted by Crippen LogP contribution is -2.44. The van der Waals surface area contributed by atoms with E-state index < -0.39 is 0 Å². The maximum absolute atomic E-state index is 12.4. The number of rotatable bonds is 7. The largest absolute Gasteiger partial charge is 0.496 e. The zero-order valence-electron chi connectivity index (χ0n) is 15.1. The summed E-state index contributed by atoms with van der Waals surface area (Å²) in [4.78, 5) is 14.6. The third kappa shape index (κ3) is 3.87. The molecule has 0 fully saturated rings. The van der Waals surface area contributed by atoms with Crippen LogP contribution in [-0.2, 0) is 11.3 Å². The quantitative estimate of drug-likeness (QED) is 0.788. The fourth-order valence-electron chi connectivity index (χ4n) is 3.50. The van der Waals surface area contributed by atoms with Gasteiger partial charge >= 0.3 is 0 Å². The van der Waals surface area contributed by atoms with Crippen molar-refractivity contribution in [2.75, 3.05) is 26.7 Å². The highest BCUT2D eigenvalue weighted by Crippen LogP contribution is 2.36. The Morgan fingerprint density at radius 1 is 1.24 bits per heavy atom. The molecule has 2 heterocycles. The number of nitrogens with one attached hydrogen (secondary N) is 1. The fourth-order valence-corrected chi connectivity index (χ4v) is 3.50. The molecular formula is C20H27N3O2. The van der Waals surface area contributed by atoms with E-state index in [4.69, 9.17) is 4.74 Å². The van der Waals surface area contributed by atoms with Crippen LogP contribution in [-0.4, -0.2) is 42.1 Å². The molecular weight excluding hydrogens is 314 g/mol. The van der Waals surface area contributed by atoms with Gasteiger partial charge in [0.2, 0.25) is 5.91 Å². The lowest BCUT2D eigenvalue weighted by atomic mass is 9.99. The molecule has 1 N–H and O–H groups in total. The summed E-state index contributed by atoms with van der Waals surface area (Å²) in [5.74, 6) is 0.951. The Morgan fingerprint density at radius 2 is 2.08 bits per heavy atom. The molecule has 1 amide bonds. The molecule has 0 bridgehead atoms. The van der Waals surface area contributed by atoms with Crippen LogP contribution in [0.4, 0.5) is 0 Å². The van der Waals surface area contributed by atoms with E-state index in [9.17, 15) is 4.79 Å². The lowest BCUT2D eigenvalue weighted by Gasteiger charge is -2.37.